The van der Waals surface area contributed by atoms with E-state index in [4.69, 9.17) is 4.55 Å². The van der Waals surface area contributed by atoms with Crippen LogP contribution in [0.4, 0.5) is 26.3 Å². The van der Waals surface area contributed by atoms with Crippen LogP contribution in [-0.2, 0) is 44.9 Å². The zero-order valence-electron chi connectivity index (χ0n) is 12.6. The summed E-state index contributed by atoms with van der Waals surface area (Å²) >= 11 is -3.72. The zero-order valence-corrected chi connectivity index (χ0v) is 14.3. The lowest BCUT2D eigenvalue weighted by Gasteiger charge is -2.32. The Morgan fingerprint density at radius 3 is 1.54 bits per heavy atom. The summed E-state index contributed by atoms with van der Waals surface area (Å²) in [6.07, 6.45) is 2.40. The average molecular weight is 460 g/mol. The highest BCUT2D eigenvalue weighted by molar-refractivity contribution is 7.97. The minimum absolute atomic E-state index is 0.219. The van der Waals surface area contributed by atoms with Gasteiger partial charge in [0, 0.05) is 24.3 Å². The van der Waals surface area contributed by atoms with Gasteiger partial charge < -0.3 is 0 Å². The molecule has 0 radical (unpaired) electrons. The lowest BCUT2D eigenvalue weighted by molar-refractivity contribution is -0.163. The highest BCUT2D eigenvalue weighted by atomic mass is 32.3. The quantitative estimate of drug-likeness (QED) is 0.337. The SMILES string of the molecule is O=C1C=CC(=O)N1OS(=O)C(F)(F)F.O=C1C=CC(=O)N1[SH](=O)(O)C(F)(F)F. The molecule has 0 bridgehead atoms. The highest BCUT2D eigenvalue weighted by Gasteiger charge is 2.49. The number of amides is 4. The summed E-state index contributed by atoms with van der Waals surface area (Å²) in [7, 11) is -5.96. The minimum Gasteiger partial charge on any atom is -0.281 e. The summed E-state index contributed by atoms with van der Waals surface area (Å²) in [5.74, 6) is -5.10. The number of hydrogen-bond donors (Lipinski definition) is 2. The molecule has 0 aliphatic carbocycles. The lowest BCUT2D eigenvalue weighted by Crippen LogP contribution is -2.49. The lowest BCUT2D eigenvalue weighted by atomic mass is 10.6. The predicted molar refractivity (Wildman–Crippen MR) is 75.5 cm³/mol. The van der Waals surface area contributed by atoms with Gasteiger partial charge in [-0.2, -0.15) is 39.1 Å². The molecule has 2 aliphatic heterocycles. The highest BCUT2D eigenvalue weighted by Crippen LogP contribution is 2.33. The summed E-state index contributed by atoms with van der Waals surface area (Å²) in [5, 5.41) is -0.219. The van der Waals surface area contributed by atoms with Crippen molar-refractivity contribution in [3.05, 3.63) is 24.3 Å². The number of rotatable bonds is 3. The molecule has 0 fully saturated rings. The Labute approximate surface area is 153 Å². The summed E-state index contributed by atoms with van der Waals surface area (Å²) in [4.78, 5) is 42.6. The van der Waals surface area contributed by atoms with Gasteiger partial charge in [-0.1, -0.05) is 0 Å². The van der Waals surface area contributed by atoms with E-state index in [9.17, 15) is 53.9 Å². The fourth-order valence-electron chi connectivity index (χ4n) is 1.34. The maximum atomic E-state index is 11.9. The van der Waals surface area contributed by atoms with Gasteiger partial charge in [-0.25, -0.2) is 4.21 Å². The van der Waals surface area contributed by atoms with Gasteiger partial charge in [-0.15, -0.1) is 5.06 Å². The molecule has 10 nitrogen and oxygen atoms in total. The molecule has 0 spiro atoms. The number of hydroxylamine groups is 2. The molecule has 0 saturated carbocycles. The van der Waals surface area contributed by atoms with Gasteiger partial charge in [0.2, 0.25) is 0 Å². The van der Waals surface area contributed by atoms with Gasteiger partial charge in [0.25, 0.3) is 34.7 Å². The summed E-state index contributed by atoms with van der Waals surface area (Å²) in [6, 6.07) is 0. The van der Waals surface area contributed by atoms with Gasteiger partial charge >= 0.3 is 11.0 Å². The summed E-state index contributed by atoms with van der Waals surface area (Å²) in [6.45, 7) is 0. The van der Waals surface area contributed by atoms with Crippen molar-refractivity contribution in [2.45, 2.75) is 11.0 Å². The van der Waals surface area contributed by atoms with E-state index >= 15 is 0 Å². The number of halogens is 6. The van der Waals surface area contributed by atoms with E-state index in [1.807, 2.05) is 0 Å². The number of thiol groups is 1. The second kappa shape index (κ2) is 7.89. The molecule has 158 valence electrons. The number of alkyl halides is 6. The minimum atomic E-state index is -5.96. The second-order valence-corrected chi connectivity index (χ2v) is 7.47. The van der Waals surface area contributed by atoms with E-state index in [2.05, 4.69) is 4.28 Å². The van der Waals surface area contributed by atoms with Crippen LogP contribution in [0.3, 0.4) is 0 Å². The molecule has 28 heavy (non-hydrogen) atoms. The van der Waals surface area contributed by atoms with E-state index in [1.54, 1.807) is 0 Å². The van der Waals surface area contributed by atoms with Crippen LogP contribution in [0.25, 0.3) is 0 Å². The molecule has 2 rings (SSSR count). The van der Waals surface area contributed by atoms with Crippen molar-refractivity contribution in [1.29, 1.82) is 0 Å². The molecular weight excluding hydrogens is 454 g/mol. The van der Waals surface area contributed by atoms with Crippen LogP contribution in [0, 0.1) is 0 Å². The van der Waals surface area contributed by atoms with Gasteiger partial charge in [-0.05, 0) is 10.4 Å². The molecule has 1 unspecified atom stereocenters. The molecule has 1 atom stereocenters. The topological polar surface area (TPSA) is 138 Å². The Kier molecular flexibility index (Phi) is 6.65. The first-order chi connectivity index (χ1) is 12.5. The van der Waals surface area contributed by atoms with Crippen LogP contribution in [0.2, 0.25) is 0 Å². The number of hydrogen-bond acceptors (Lipinski definition) is 7. The van der Waals surface area contributed by atoms with Crippen molar-refractivity contribution < 1.29 is 62.8 Å². The molecule has 18 heteroatoms. The van der Waals surface area contributed by atoms with Gasteiger partial charge in [0.15, 0.2) is 0 Å². The van der Waals surface area contributed by atoms with Crippen LogP contribution in [0.1, 0.15) is 0 Å². The number of imide groups is 2. The van der Waals surface area contributed by atoms with E-state index in [-0.39, 0.29) is 5.06 Å². The van der Waals surface area contributed by atoms with E-state index < -0.39 is 60.4 Å². The van der Waals surface area contributed by atoms with Crippen molar-refractivity contribution in [3.63, 3.8) is 0 Å². The fraction of sp³-hybridized carbons (Fsp3) is 0.200. The Balaban J connectivity index is 0.000000280. The standard InChI is InChI=1S/C5H4F3NO4S.C5H2F3NO4S/c6-5(7,8)14(12,13)9-3(10)1-2-4(9)11;6-5(7,8)14(12)13-9-3(10)1-2-4(9)11/h1-2,14H,(H,12,13);1-2H. The molecule has 2 heterocycles. The van der Waals surface area contributed by atoms with Crippen molar-refractivity contribution in [2.24, 2.45) is 0 Å². The third kappa shape index (κ3) is 5.09. The average Bonchev–Trinajstić information content (AvgIpc) is 3.02. The summed E-state index contributed by atoms with van der Waals surface area (Å²) < 4.78 is 103. The van der Waals surface area contributed by atoms with Crippen molar-refractivity contribution >= 4 is 45.1 Å². The molecule has 4 amide bonds. The molecule has 2 aliphatic rings. The third-order valence-electron chi connectivity index (χ3n) is 2.49. The van der Waals surface area contributed by atoms with Crippen molar-refractivity contribution in [1.82, 2.24) is 9.37 Å². The predicted octanol–water partition coefficient (Wildman–Crippen LogP) is -0.138. The molecule has 0 aromatic heterocycles. The first kappa shape index (κ1) is 23.6. The van der Waals surface area contributed by atoms with Crippen LogP contribution in [-0.4, -0.2) is 57.0 Å². The first-order valence-electron chi connectivity index (χ1n) is 6.19. The molecule has 0 saturated heterocycles. The van der Waals surface area contributed by atoms with Crippen molar-refractivity contribution in [3.8, 4) is 0 Å². The third-order valence-corrected chi connectivity index (χ3v) is 4.75. The van der Waals surface area contributed by atoms with Gasteiger partial charge in [0.05, 0.1) is 0 Å². The number of carbonyl (C=O) groups excluding carboxylic acids is 4. The van der Waals surface area contributed by atoms with Gasteiger partial charge in [0.1, 0.15) is 0 Å². The number of nitrogens with zero attached hydrogens (tertiary/aromatic N) is 2. The van der Waals surface area contributed by atoms with Crippen LogP contribution in [0.5, 0.6) is 0 Å². The van der Waals surface area contributed by atoms with E-state index in [0.717, 1.165) is 0 Å². The molecule has 0 aromatic carbocycles. The normalized spacial score (nSPS) is 19.2. The molecular formula is C10H6F6N2O8S2. The number of carbonyl (C=O) groups is 4. The summed E-state index contributed by atoms with van der Waals surface area (Å²) in [5.41, 5.74) is -10.7. The Morgan fingerprint density at radius 1 is 0.857 bits per heavy atom. The maximum Gasteiger partial charge on any atom is 0.507 e. The van der Waals surface area contributed by atoms with Gasteiger partial charge in [-0.3, -0.25) is 23.7 Å². The van der Waals surface area contributed by atoms with E-state index in [0.29, 0.717) is 24.3 Å². The Morgan fingerprint density at radius 2 is 1.21 bits per heavy atom. The fourth-order valence-corrected chi connectivity index (χ4v) is 2.60. The van der Waals surface area contributed by atoms with E-state index in [1.165, 1.54) is 0 Å². The maximum absolute atomic E-state index is 11.9. The Bertz CT molecular complexity index is 812. The molecule has 0 aromatic rings. The monoisotopic (exact) mass is 460 g/mol. The van der Waals surface area contributed by atoms with Crippen LogP contribution >= 0.6 is 0 Å². The Hall–Kier alpha value is -2.44. The second-order valence-electron chi connectivity index (χ2n) is 4.39. The zero-order chi connectivity index (χ0) is 22.1. The first-order valence-corrected chi connectivity index (χ1v) is 8.88. The van der Waals surface area contributed by atoms with Crippen molar-refractivity contribution in [2.75, 3.05) is 0 Å². The van der Waals surface area contributed by atoms with Crippen LogP contribution in [0.15, 0.2) is 24.3 Å². The largest absolute Gasteiger partial charge is 0.507 e. The smallest absolute Gasteiger partial charge is 0.281 e. The molecule has 1 N–H and O–H groups in total. The van der Waals surface area contributed by atoms with Crippen LogP contribution < -0.4 is 0 Å².